The molecule has 1 aliphatic heterocycles. The van der Waals surface area contributed by atoms with E-state index in [4.69, 9.17) is 11.6 Å². The average molecular weight is 439 g/mol. The van der Waals surface area contributed by atoms with Crippen LogP contribution in [0.25, 0.3) is 22.4 Å². The molecule has 0 amide bonds. The lowest BCUT2D eigenvalue weighted by molar-refractivity contribution is 0.326. The van der Waals surface area contributed by atoms with Crippen LogP contribution in [0.2, 0.25) is 5.02 Å². The van der Waals surface area contributed by atoms with Gasteiger partial charge in [-0.15, -0.1) is 0 Å². The largest absolute Gasteiger partial charge is 0.363 e. The lowest BCUT2D eigenvalue weighted by atomic mass is 10.1. The van der Waals surface area contributed by atoms with Crippen molar-refractivity contribution in [1.82, 2.24) is 24.2 Å². The Morgan fingerprint density at radius 3 is 3.00 bits per heavy atom. The number of pyridine rings is 1. The monoisotopic (exact) mass is 438 g/mol. The Morgan fingerprint density at radius 2 is 2.21 bits per heavy atom. The molecule has 4 rings (SSSR count). The van der Waals surface area contributed by atoms with E-state index < -0.39 is 15.8 Å². The molecule has 11 heteroatoms. The topological polar surface area (TPSA) is 104 Å². The van der Waals surface area contributed by atoms with Crippen molar-refractivity contribution in [2.45, 2.75) is 25.8 Å². The van der Waals surface area contributed by atoms with E-state index in [0.29, 0.717) is 35.0 Å². The highest BCUT2D eigenvalue weighted by Gasteiger charge is 2.28. The predicted octanol–water partition coefficient (Wildman–Crippen LogP) is 3.04. The van der Waals surface area contributed by atoms with E-state index in [1.54, 1.807) is 19.2 Å². The molecular weight excluding hydrogens is 419 g/mol. The van der Waals surface area contributed by atoms with Crippen LogP contribution in [-0.4, -0.2) is 57.5 Å². The summed E-state index contributed by atoms with van der Waals surface area (Å²) >= 11 is 6.04. The SMILES string of the molecule is CCS(=O)(=O)N1CCC[C@@H](Nc2nc(-c3c[nH]c4ncc(Cl)cc34)ncc2F)C1. The number of hydrogen-bond acceptors (Lipinski definition) is 6. The van der Waals surface area contributed by atoms with Crippen molar-refractivity contribution in [2.75, 3.05) is 24.2 Å². The van der Waals surface area contributed by atoms with Crippen molar-refractivity contribution in [2.24, 2.45) is 0 Å². The van der Waals surface area contributed by atoms with Gasteiger partial charge in [0.05, 0.1) is 17.0 Å². The van der Waals surface area contributed by atoms with Crippen LogP contribution in [0.1, 0.15) is 19.8 Å². The highest BCUT2D eigenvalue weighted by atomic mass is 35.5. The molecule has 1 aliphatic rings. The third kappa shape index (κ3) is 4.05. The van der Waals surface area contributed by atoms with Crippen LogP contribution >= 0.6 is 11.6 Å². The summed E-state index contributed by atoms with van der Waals surface area (Å²) in [6.07, 6.45) is 5.75. The Hall–Kier alpha value is -2.30. The zero-order chi connectivity index (χ0) is 20.6. The van der Waals surface area contributed by atoms with E-state index in [1.165, 1.54) is 10.5 Å². The lowest BCUT2D eigenvalue weighted by Crippen LogP contribution is -2.45. The summed E-state index contributed by atoms with van der Waals surface area (Å²) in [5.74, 6) is -0.193. The number of nitrogens with zero attached hydrogens (tertiary/aromatic N) is 4. The Kier molecular flexibility index (Phi) is 5.41. The minimum atomic E-state index is -3.29. The quantitative estimate of drug-likeness (QED) is 0.634. The van der Waals surface area contributed by atoms with E-state index in [2.05, 4.69) is 25.3 Å². The number of nitrogens with one attached hydrogen (secondary N) is 2. The molecule has 3 aromatic rings. The van der Waals surface area contributed by atoms with E-state index >= 15 is 0 Å². The molecule has 1 fully saturated rings. The predicted molar refractivity (Wildman–Crippen MR) is 110 cm³/mol. The summed E-state index contributed by atoms with van der Waals surface area (Å²) in [5, 5.41) is 4.25. The molecular formula is C18H20ClFN6O2S. The van der Waals surface area contributed by atoms with Gasteiger partial charge in [0, 0.05) is 42.5 Å². The van der Waals surface area contributed by atoms with Crippen molar-refractivity contribution in [3.05, 3.63) is 35.5 Å². The number of aromatic nitrogens is 4. The molecule has 3 aromatic heterocycles. The van der Waals surface area contributed by atoms with Crippen molar-refractivity contribution in [3.8, 4) is 11.4 Å². The molecule has 0 aliphatic carbocycles. The number of rotatable bonds is 5. The van der Waals surface area contributed by atoms with E-state index in [1.807, 2.05) is 0 Å². The Balaban J connectivity index is 1.61. The molecule has 29 heavy (non-hydrogen) atoms. The molecule has 0 bridgehead atoms. The van der Waals surface area contributed by atoms with Crippen molar-refractivity contribution in [1.29, 1.82) is 0 Å². The van der Waals surface area contributed by atoms with E-state index in [0.717, 1.165) is 18.0 Å². The molecule has 0 spiro atoms. The molecule has 0 saturated carbocycles. The van der Waals surface area contributed by atoms with E-state index in [-0.39, 0.29) is 24.2 Å². The summed E-state index contributed by atoms with van der Waals surface area (Å²) in [7, 11) is -3.29. The van der Waals surface area contributed by atoms with Crippen LogP contribution in [0, 0.1) is 5.82 Å². The summed E-state index contributed by atoms with van der Waals surface area (Å²) in [5.41, 5.74) is 1.27. The van der Waals surface area contributed by atoms with Crippen LogP contribution in [0.5, 0.6) is 0 Å². The molecule has 8 nitrogen and oxygen atoms in total. The summed E-state index contributed by atoms with van der Waals surface area (Å²) in [4.78, 5) is 15.7. The van der Waals surface area contributed by atoms with Crippen LogP contribution < -0.4 is 5.32 Å². The minimum Gasteiger partial charge on any atom is -0.363 e. The molecule has 154 valence electrons. The number of sulfonamides is 1. The second-order valence-electron chi connectivity index (χ2n) is 6.88. The van der Waals surface area contributed by atoms with E-state index in [9.17, 15) is 12.8 Å². The van der Waals surface area contributed by atoms with Gasteiger partial charge in [0.25, 0.3) is 0 Å². The molecule has 1 atom stereocenters. The van der Waals surface area contributed by atoms with Gasteiger partial charge < -0.3 is 10.3 Å². The van der Waals surface area contributed by atoms with Gasteiger partial charge in [-0.3, -0.25) is 0 Å². The fraction of sp³-hybridized carbons (Fsp3) is 0.389. The summed E-state index contributed by atoms with van der Waals surface area (Å²) < 4.78 is 40.1. The van der Waals surface area contributed by atoms with Crippen LogP contribution in [0.3, 0.4) is 0 Å². The number of aromatic amines is 1. The lowest BCUT2D eigenvalue weighted by Gasteiger charge is -2.32. The van der Waals surface area contributed by atoms with Gasteiger partial charge in [-0.05, 0) is 25.8 Å². The van der Waals surface area contributed by atoms with Gasteiger partial charge in [-0.25, -0.2) is 27.8 Å². The number of H-pyrrole nitrogens is 1. The Morgan fingerprint density at radius 1 is 1.38 bits per heavy atom. The maximum absolute atomic E-state index is 14.4. The van der Waals surface area contributed by atoms with Crippen LogP contribution in [0.4, 0.5) is 10.2 Å². The second-order valence-corrected chi connectivity index (χ2v) is 9.58. The highest BCUT2D eigenvalue weighted by Crippen LogP contribution is 2.28. The number of halogens is 2. The zero-order valence-electron chi connectivity index (χ0n) is 15.7. The number of hydrogen-bond donors (Lipinski definition) is 2. The summed E-state index contributed by atoms with van der Waals surface area (Å²) in [6, 6.07) is 1.51. The van der Waals surface area contributed by atoms with Gasteiger partial charge >= 0.3 is 0 Å². The molecule has 2 N–H and O–H groups in total. The van der Waals surface area contributed by atoms with Crippen molar-refractivity contribution < 1.29 is 12.8 Å². The Bertz CT molecular complexity index is 1150. The van der Waals surface area contributed by atoms with Crippen LogP contribution in [-0.2, 0) is 10.0 Å². The van der Waals surface area contributed by atoms with Gasteiger partial charge in [0.2, 0.25) is 10.0 Å². The highest BCUT2D eigenvalue weighted by molar-refractivity contribution is 7.89. The van der Waals surface area contributed by atoms with Gasteiger partial charge in [0.1, 0.15) is 5.65 Å². The number of fused-ring (bicyclic) bond motifs is 1. The maximum Gasteiger partial charge on any atom is 0.213 e. The second kappa shape index (κ2) is 7.85. The number of anilines is 1. The smallest absolute Gasteiger partial charge is 0.213 e. The first-order chi connectivity index (χ1) is 13.9. The molecule has 1 saturated heterocycles. The van der Waals surface area contributed by atoms with Gasteiger partial charge in [-0.2, -0.15) is 4.31 Å². The number of piperidine rings is 1. The third-order valence-electron chi connectivity index (χ3n) is 4.97. The first-order valence-corrected chi connectivity index (χ1v) is 11.3. The first kappa shape index (κ1) is 20.0. The van der Waals surface area contributed by atoms with Crippen molar-refractivity contribution in [3.63, 3.8) is 0 Å². The Labute approximate surface area is 172 Å². The molecule has 0 radical (unpaired) electrons. The molecule has 0 aromatic carbocycles. The standard InChI is InChI=1S/C18H20ClFN6O2S/c1-2-29(27,28)26-5-3-4-12(10-26)24-18-15(20)9-23-17(25-18)14-8-22-16-13(14)6-11(19)7-21-16/h6-9,12H,2-5,10H2,1H3,(H,21,22)(H,23,24,25)/t12-/m1/s1. The average Bonchev–Trinajstić information content (AvgIpc) is 3.13. The minimum absolute atomic E-state index is 0.0417. The summed E-state index contributed by atoms with van der Waals surface area (Å²) in [6.45, 7) is 2.38. The fourth-order valence-corrected chi connectivity index (χ4v) is 4.79. The normalized spacial score (nSPS) is 18.2. The third-order valence-corrected chi connectivity index (χ3v) is 7.02. The fourth-order valence-electron chi connectivity index (χ4n) is 3.45. The molecule has 0 unspecified atom stereocenters. The van der Waals surface area contributed by atoms with Crippen LogP contribution in [0.15, 0.2) is 24.7 Å². The zero-order valence-corrected chi connectivity index (χ0v) is 17.3. The first-order valence-electron chi connectivity index (χ1n) is 9.27. The molecule has 4 heterocycles. The van der Waals surface area contributed by atoms with Gasteiger partial charge in [-0.1, -0.05) is 11.6 Å². The maximum atomic E-state index is 14.4. The van der Waals surface area contributed by atoms with Gasteiger partial charge in [0.15, 0.2) is 17.5 Å². The van der Waals surface area contributed by atoms with Crippen molar-refractivity contribution >= 4 is 38.5 Å².